The summed E-state index contributed by atoms with van der Waals surface area (Å²) in [5.41, 5.74) is 4.34. The number of rotatable bonds is 5. The molecule has 2 unspecified atom stereocenters. The van der Waals surface area contributed by atoms with Crippen molar-refractivity contribution >= 4 is 12.6 Å². The number of thiol groups is 1. The quantitative estimate of drug-likeness (QED) is 0.706. The van der Waals surface area contributed by atoms with Gasteiger partial charge in [0.05, 0.1) is 6.10 Å². The van der Waals surface area contributed by atoms with Gasteiger partial charge >= 0.3 is 0 Å². The van der Waals surface area contributed by atoms with Crippen LogP contribution in [0.25, 0.3) is 0 Å². The van der Waals surface area contributed by atoms with E-state index in [0.29, 0.717) is 0 Å². The van der Waals surface area contributed by atoms with Gasteiger partial charge in [0.25, 0.3) is 0 Å². The van der Waals surface area contributed by atoms with Crippen LogP contribution in [0.1, 0.15) is 42.2 Å². The topological polar surface area (TPSA) is 40.5 Å². The van der Waals surface area contributed by atoms with Crippen LogP contribution in [0.5, 0.6) is 0 Å². The third kappa shape index (κ3) is 3.24. The molecule has 1 aromatic rings. The van der Waals surface area contributed by atoms with Gasteiger partial charge in [-0.15, -0.1) is 0 Å². The number of aliphatic hydroxyl groups excluding tert-OH is 2. The lowest BCUT2D eigenvalue weighted by Crippen LogP contribution is -2.22. The Hall–Kier alpha value is -0.510. The summed E-state index contributed by atoms with van der Waals surface area (Å²) in [5.74, 6) is 0.265. The highest BCUT2D eigenvalue weighted by Crippen LogP contribution is 2.28. The molecule has 0 radical (unpaired) electrons. The Morgan fingerprint density at radius 3 is 1.94 bits per heavy atom. The molecule has 3 heteroatoms. The van der Waals surface area contributed by atoms with Crippen molar-refractivity contribution in [2.75, 3.05) is 5.75 Å². The average Bonchev–Trinajstić information content (AvgIpc) is 2.35. The molecule has 1 rings (SSSR count). The van der Waals surface area contributed by atoms with E-state index < -0.39 is 12.2 Å². The van der Waals surface area contributed by atoms with Gasteiger partial charge in [-0.2, -0.15) is 12.6 Å². The summed E-state index contributed by atoms with van der Waals surface area (Å²) in [7, 11) is 0. The van der Waals surface area contributed by atoms with Crippen molar-refractivity contribution in [3.05, 3.63) is 34.4 Å². The standard InChI is InChI=1S/C14H22O2S/c1-4-10-6-9(3)7-11(5-2)13(10)14(16)12(15)8-17/h6-7,12,14-17H,4-5,8H2,1-3H3. The molecule has 1 aromatic carbocycles. The molecule has 0 fully saturated rings. The molecule has 0 amide bonds. The molecule has 17 heavy (non-hydrogen) atoms. The van der Waals surface area contributed by atoms with Gasteiger partial charge in [0.15, 0.2) is 0 Å². The Morgan fingerprint density at radius 1 is 1.12 bits per heavy atom. The van der Waals surface area contributed by atoms with Crippen LogP contribution >= 0.6 is 12.6 Å². The second kappa shape index (κ2) is 6.43. The van der Waals surface area contributed by atoms with Crippen LogP contribution < -0.4 is 0 Å². The lowest BCUT2D eigenvalue weighted by molar-refractivity contribution is 0.0327. The Morgan fingerprint density at radius 2 is 1.59 bits per heavy atom. The van der Waals surface area contributed by atoms with Crippen molar-refractivity contribution in [2.24, 2.45) is 0 Å². The highest BCUT2D eigenvalue weighted by molar-refractivity contribution is 7.80. The Bertz CT molecular complexity index is 351. The van der Waals surface area contributed by atoms with E-state index in [1.165, 1.54) is 5.56 Å². The zero-order valence-electron chi connectivity index (χ0n) is 10.8. The van der Waals surface area contributed by atoms with Crippen molar-refractivity contribution in [3.8, 4) is 0 Å². The molecule has 2 atom stereocenters. The average molecular weight is 254 g/mol. The summed E-state index contributed by atoms with van der Waals surface area (Å²) >= 11 is 4.04. The second-order valence-corrected chi connectivity index (χ2v) is 4.76. The molecule has 2 nitrogen and oxygen atoms in total. The first-order valence-corrected chi connectivity index (χ1v) is 6.77. The van der Waals surface area contributed by atoms with Crippen molar-refractivity contribution in [1.82, 2.24) is 0 Å². The van der Waals surface area contributed by atoms with Crippen LogP contribution in [0, 0.1) is 6.92 Å². The lowest BCUT2D eigenvalue weighted by Gasteiger charge is -2.23. The summed E-state index contributed by atoms with van der Waals surface area (Å²) < 4.78 is 0. The fourth-order valence-electron chi connectivity index (χ4n) is 2.21. The number of hydrogen-bond donors (Lipinski definition) is 3. The van der Waals surface area contributed by atoms with E-state index in [-0.39, 0.29) is 5.75 Å². The molecule has 0 aliphatic heterocycles. The molecule has 0 bridgehead atoms. The maximum absolute atomic E-state index is 10.2. The third-order valence-corrected chi connectivity index (χ3v) is 3.48. The van der Waals surface area contributed by atoms with Gasteiger partial charge in [-0.25, -0.2) is 0 Å². The van der Waals surface area contributed by atoms with E-state index in [9.17, 15) is 10.2 Å². The summed E-state index contributed by atoms with van der Waals surface area (Å²) in [5, 5.41) is 20.0. The molecule has 0 spiro atoms. The largest absolute Gasteiger partial charge is 0.389 e. The van der Waals surface area contributed by atoms with Crippen LogP contribution in [-0.4, -0.2) is 22.1 Å². The molecule has 2 N–H and O–H groups in total. The van der Waals surface area contributed by atoms with Crippen LogP contribution in [0.15, 0.2) is 12.1 Å². The van der Waals surface area contributed by atoms with Crippen LogP contribution in [-0.2, 0) is 12.8 Å². The number of hydrogen-bond acceptors (Lipinski definition) is 3. The monoisotopic (exact) mass is 254 g/mol. The van der Waals surface area contributed by atoms with Gasteiger partial charge in [0.1, 0.15) is 6.10 Å². The lowest BCUT2D eigenvalue weighted by atomic mass is 9.89. The molecule has 0 aliphatic carbocycles. The number of aryl methyl sites for hydroxylation is 3. The minimum absolute atomic E-state index is 0.265. The molecule has 0 saturated carbocycles. The summed E-state index contributed by atoms with van der Waals surface area (Å²) in [6, 6.07) is 4.17. The van der Waals surface area contributed by atoms with Gasteiger partial charge in [0, 0.05) is 5.75 Å². The maximum atomic E-state index is 10.2. The Balaban J connectivity index is 3.28. The van der Waals surface area contributed by atoms with E-state index >= 15 is 0 Å². The van der Waals surface area contributed by atoms with Gasteiger partial charge in [0.2, 0.25) is 0 Å². The van der Waals surface area contributed by atoms with Gasteiger partial charge in [-0.1, -0.05) is 31.5 Å². The van der Waals surface area contributed by atoms with Gasteiger partial charge in [-0.3, -0.25) is 0 Å². The van der Waals surface area contributed by atoms with Crippen molar-refractivity contribution in [2.45, 2.75) is 45.8 Å². The first-order chi connectivity index (χ1) is 8.04. The number of aliphatic hydroxyl groups is 2. The SMILES string of the molecule is CCc1cc(C)cc(CC)c1C(O)C(O)CS. The zero-order chi connectivity index (χ0) is 13.0. The van der Waals surface area contributed by atoms with E-state index in [1.54, 1.807) is 0 Å². The normalized spacial score (nSPS) is 14.7. The first-order valence-electron chi connectivity index (χ1n) is 6.14. The van der Waals surface area contributed by atoms with E-state index in [2.05, 4.69) is 45.5 Å². The van der Waals surface area contributed by atoms with Crippen molar-refractivity contribution in [3.63, 3.8) is 0 Å². The van der Waals surface area contributed by atoms with Crippen LogP contribution in [0.2, 0.25) is 0 Å². The van der Waals surface area contributed by atoms with Gasteiger partial charge < -0.3 is 10.2 Å². The molecule has 96 valence electrons. The summed E-state index contributed by atoms with van der Waals surface area (Å²) in [6.45, 7) is 6.19. The fraction of sp³-hybridized carbons (Fsp3) is 0.571. The minimum atomic E-state index is -0.835. The molecule has 0 saturated heterocycles. The predicted molar refractivity (Wildman–Crippen MR) is 74.8 cm³/mol. The smallest absolute Gasteiger partial charge is 0.106 e. The molecular formula is C14H22O2S. The van der Waals surface area contributed by atoms with E-state index in [1.807, 2.05) is 0 Å². The first kappa shape index (κ1) is 14.6. The molecule has 0 aromatic heterocycles. The Kier molecular flexibility index (Phi) is 5.50. The molecule has 0 aliphatic rings. The van der Waals surface area contributed by atoms with Crippen LogP contribution in [0.3, 0.4) is 0 Å². The van der Waals surface area contributed by atoms with Crippen LogP contribution in [0.4, 0.5) is 0 Å². The minimum Gasteiger partial charge on any atom is -0.389 e. The van der Waals surface area contributed by atoms with Gasteiger partial charge in [-0.05, 0) is 36.5 Å². The van der Waals surface area contributed by atoms with E-state index in [4.69, 9.17) is 0 Å². The fourth-order valence-corrected chi connectivity index (χ4v) is 2.41. The van der Waals surface area contributed by atoms with Crippen molar-refractivity contribution < 1.29 is 10.2 Å². The highest BCUT2D eigenvalue weighted by Gasteiger charge is 2.22. The zero-order valence-corrected chi connectivity index (χ0v) is 11.7. The third-order valence-electron chi connectivity index (χ3n) is 3.10. The second-order valence-electron chi connectivity index (χ2n) is 4.40. The number of benzene rings is 1. The summed E-state index contributed by atoms with van der Waals surface area (Å²) in [6.07, 6.45) is 0.0791. The molecular weight excluding hydrogens is 232 g/mol. The summed E-state index contributed by atoms with van der Waals surface area (Å²) in [4.78, 5) is 0. The van der Waals surface area contributed by atoms with E-state index in [0.717, 1.165) is 29.5 Å². The maximum Gasteiger partial charge on any atom is 0.106 e. The molecule has 0 heterocycles. The highest BCUT2D eigenvalue weighted by atomic mass is 32.1. The Labute approximate surface area is 109 Å². The predicted octanol–water partition coefficient (Wildman–Crippen LogP) is 2.44. The van der Waals surface area contributed by atoms with Crippen molar-refractivity contribution in [1.29, 1.82) is 0 Å².